The number of likely N-dealkylation sites (N-methyl/N-ethyl adjacent to an activating group) is 1. The second kappa shape index (κ2) is 6.15. The number of nitrogens with one attached hydrogen (secondary N) is 1. The van der Waals surface area contributed by atoms with Crippen molar-refractivity contribution >= 4 is 11.8 Å². The van der Waals surface area contributed by atoms with Crippen LogP contribution in [0.1, 0.15) is 37.5 Å². The second-order valence-corrected chi connectivity index (χ2v) is 6.10. The van der Waals surface area contributed by atoms with E-state index in [0.29, 0.717) is 17.9 Å². The van der Waals surface area contributed by atoms with E-state index < -0.39 is 0 Å². The molecule has 1 saturated carbocycles. The molecule has 116 valence electrons. The van der Waals surface area contributed by atoms with Crippen LogP contribution in [0.3, 0.4) is 0 Å². The smallest absolute Gasteiger partial charge is 0.222 e. The van der Waals surface area contributed by atoms with Crippen molar-refractivity contribution in [3.63, 3.8) is 0 Å². The normalized spacial score (nSPS) is 21.5. The lowest BCUT2D eigenvalue weighted by molar-refractivity contribution is 0.0502. The van der Waals surface area contributed by atoms with Gasteiger partial charge in [0.2, 0.25) is 5.95 Å². The lowest BCUT2D eigenvalue weighted by atomic mass is 9.97. The van der Waals surface area contributed by atoms with Crippen molar-refractivity contribution in [1.29, 1.82) is 0 Å². The molecule has 3 N–H and O–H groups in total. The molecule has 0 aromatic carbocycles. The van der Waals surface area contributed by atoms with Crippen LogP contribution in [0.15, 0.2) is 6.07 Å². The van der Waals surface area contributed by atoms with E-state index in [1.807, 2.05) is 7.05 Å². The summed E-state index contributed by atoms with van der Waals surface area (Å²) in [5.74, 6) is 1.82. The van der Waals surface area contributed by atoms with Crippen molar-refractivity contribution in [3.05, 3.63) is 11.8 Å². The highest BCUT2D eigenvalue weighted by atomic mass is 16.5. The Morgan fingerprint density at radius 2 is 2.05 bits per heavy atom. The molecule has 1 atom stereocenters. The Kier molecular flexibility index (Phi) is 4.26. The molecule has 6 heteroatoms. The van der Waals surface area contributed by atoms with Gasteiger partial charge in [-0.2, -0.15) is 4.98 Å². The summed E-state index contributed by atoms with van der Waals surface area (Å²) in [6.45, 7) is 1.93. The topological polar surface area (TPSA) is 76.3 Å². The molecule has 1 aromatic rings. The number of methoxy groups -OCH3 is 1. The van der Waals surface area contributed by atoms with Crippen LogP contribution in [0.5, 0.6) is 0 Å². The van der Waals surface area contributed by atoms with E-state index in [2.05, 4.69) is 26.3 Å². The summed E-state index contributed by atoms with van der Waals surface area (Å²) in [7, 11) is 3.75. The number of anilines is 2. The maximum atomic E-state index is 5.91. The predicted molar refractivity (Wildman–Crippen MR) is 83.2 cm³/mol. The van der Waals surface area contributed by atoms with Gasteiger partial charge in [0.05, 0.1) is 5.69 Å². The van der Waals surface area contributed by atoms with Gasteiger partial charge in [0.25, 0.3) is 0 Å². The summed E-state index contributed by atoms with van der Waals surface area (Å²) >= 11 is 0. The van der Waals surface area contributed by atoms with Crippen LogP contribution in [0, 0.1) is 5.92 Å². The van der Waals surface area contributed by atoms with E-state index in [1.165, 1.54) is 25.7 Å². The van der Waals surface area contributed by atoms with Crippen LogP contribution in [-0.2, 0) is 4.74 Å². The maximum Gasteiger partial charge on any atom is 0.222 e. The van der Waals surface area contributed by atoms with Crippen molar-refractivity contribution in [2.24, 2.45) is 5.92 Å². The molecule has 1 aliphatic carbocycles. The summed E-state index contributed by atoms with van der Waals surface area (Å²) in [6, 6.07) is 2.59. The molecule has 6 nitrogen and oxygen atoms in total. The van der Waals surface area contributed by atoms with Crippen molar-refractivity contribution in [1.82, 2.24) is 15.3 Å². The Morgan fingerprint density at radius 3 is 2.67 bits per heavy atom. The van der Waals surface area contributed by atoms with Crippen molar-refractivity contribution in [3.8, 4) is 0 Å². The largest absolute Gasteiger partial charge is 0.375 e. The van der Waals surface area contributed by atoms with E-state index in [0.717, 1.165) is 24.6 Å². The third-order valence-corrected chi connectivity index (χ3v) is 4.74. The van der Waals surface area contributed by atoms with Gasteiger partial charge in [0.15, 0.2) is 0 Å². The van der Waals surface area contributed by atoms with Crippen molar-refractivity contribution in [2.75, 3.05) is 37.9 Å². The summed E-state index contributed by atoms with van der Waals surface area (Å²) in [4.78, 5) is 11.0. The Labute approximate surface area is 126 Å². The van der Waals surface area contributed by atoms with E-state index in [4.69, 9.17) is 10.5 Å². The molecule has 0 amide bonds. The summed E-state index contributed by atoms with van der Waals surface area (Å²) < 4.78 is 5.73. The quantitative estimate of drug-likeness (QED) is 0.852. The van der Waals surface area contributed by atoms with Gasteiger partial charge in [-0.3, -0.25) is 0 Å². The van der Waals surface area contributed by atoms with E-state index in [1.54, 1.807) is 7.11 Å². The molecule has 1 saturated heterocycles. The number of hydrogen-bond donors (Lipinski definition) is 2. The lowest BCUT2D eigenvalue weighted by Gasteiger charge is -2.40. The first-order valence-electron chi connectivity index (χ1n) is 7.80. The zero-order chi connectivity index (χ0) is 14.8. The van der Waals surface area contributed by atoms with E-state index in [9.17, 15) is 0 Å². The predicted octanol–water partition coefficient (Wildman–Crippen LogP) is 1.34. The first kappa shape index (κ1) is 14.5. The molecule has 1 aromatic heterocycles. The van der Waals surface area contributed by atoms with Gasteiger partial charge in [-0.15, -0.1) is 0 Å². The fourth-order valence-electron chi connectivity index (χ4n) is 3.44. The van der Waals surface area contributed by atoms with Crippen LogP contribution in [0.2, 0.25) is 0 Å². The minimum Gasteiger partial charge on any atom is -0.375 e. The molecule has 2 fully saturated rings. The Morgan fingerprint density at radius 1 is 1.33 bits per heavy atom. The third kappa shape index (κ3) is 2.96. The fourth-order valence-corrected chi connectivity index (χ4v) is 3.44. The first-order valence-corrected chi connectivity index (χ1v) is 7.80. The zero-order valence-corrected chi connectivity index (χ0v) is 12.9. The van der Waals surface area contributed by atoms with Gasteiger partial charge in [-0.1, -0.05) is 12.8 Å². The minimum absolute atomic E-state index is 0.0397. The standard InChI is InChI=1S/C15H25N5O/c1-17-11-8-20(9-11)13-7-12(18-15(16)19-13)14(21-2)10-5-3-4-6-10/h7,10-11,14,17H,3-6,8-9H2,1-2H3,(H2,16,18,19). The number of hydrogen-bond acceptors (Lipinski definition) is 6. The van der Waals surface area contributed by atoms with Gasteiger partial charge < -0.3 is 20.7 Å². The van der Waals surface area contributed by atoms with E-state index >= 15 is 0 Å². The summed E-state index contributed by atoms with van der Waals surface area (Å²) in [5.41, 5.74) is 6.84. The molecule has 21 heavy (non-hydrogen) atoms. The first-order chi connectivity index (χ1) is 10.2. The minimum atomic E-state index is 0.0397. The monoisotopic (exact) mass is 291 g/mol. The third-order valence-electron chi connectivity index (χ3n) is 4.74. The van der Waals surface area contributed by atoms with Crippen LogP contribution in [0.4, 0.5) is 11.8 Å². The average Bonchev–Trinajstić information content (AvgIpc) is 2.92. The highest BCUT2D eigenvalue weighted by Crippen LogP contribution is 2.38. The van der Waals surface area contributed by atoms with Gasteiger partial charge in [-0.25, -0.2) is 4.98 Å². The molecule has 1 aliphatic heterocycles. The van der Waals surface area contributed by atoms with Gasteiger partial charge in [0.1, 0.15) is 11.9 Å². The number of nitrogen functional groups attached to an aromatic ring is 1. The maximum absolute atomic E-state index is 5.91. The Bertz CT molecular complexity index is 483. The van der Waals surface area contributed by atoms with E-state index in [-0.39, 0.29) is 6.10 Å². The SMILES string of the molecule is CNC1CN(c2cc(C(OC)C3CCCC3)nc(N)n2)C1. The molecular formula is C15H25N5O. The van der Waals surface area contributed by atoms with Crippen LogP contribution < -0.4 is 16.0 Å². The number of nitrogens with two attached hydrogens (primary N) is 1. The second-order valence-electron chi connectivity index (χ2n) is 6.10. The van der Waals surface area contributed by atoms with Gasteiger partial charge in [0, 0.05) is 32.3 Å². The van der Waals surface area contributed by atoms with Gasteiger partial charge in [-0.05, 0) is 25.8 Å². The Balaban J connectivity index is 1.79. The summed E-state index contributed by atoms with van der Waals surface area (Å²) in [6.07, 6.45) is 5.03. The molecule has 0 bridgehead atoms. The average molecular weight is 291 g/mol. The number of rotatable bonds is 5. The molecule has 3 rings (SSSR count). The lowest BCUT2D eigenvalue weighted by Crippen LogP contribution is -2.57. The highest BCUT2D eigenvalue weighted by molar-refractivity contribution is 5.47. The number of nitrogens with zero attached hydrogens (tertiary/aromatic N) is 3. The Hall–Kier alpha value is -1.40. The molecule has 2 aliphatic rings. The number of aromatic nitrogens is 2. The number of ether oxygens (including phenoxy) is 1. The molecule has 2 heterocycles. The molecular weight excluding hydrogens is 266 g/mol. The van der Waals surface area contributed by atoms with Gasteiger partial charge >= 0.3 is 0 Å². The zero-order valence-electron chi connectivity index (χ0n) is 12.9. The van der Waals surface area contributed by atoms with Crippen LogP contribution in [0.25, 0.3) is 0 Å². The summed E-state index contributed by atoms with van der Waals surface area (Å²) in [5, 5.41) is 3.27. The molecule has 0 radical (unpaired) electrons. The fraction of sp³-hybridized carbons (Fsp3) is 0.733. The molecule has 0 spiro atoms. The van der Waals surface area contributed by atoms with Crippen LogP contribution in [-0.4, -0.2) is 43.3 Å². The highest BCUT2D eigenvalue weighted by Gasteiger charge is 2.30. The van der Waals surface area contributed by atoms with Crippen molar-refractivity contribution in [2.45, 2.75) is 37.8 Å². The van der Waals surface area contributed by atoms with Crippen molar-refractivity contribution < 1.29 is 4.74 Å². The van der Waals surface area contributed by atoms with Crippen LogP contribution >= 0.6 is 0 Å². The molecule has 1 unspecified atom stereocenters.